The number of nitrogens with zero attached hydrogens (tertiary/aromatic N) is 3. The summed E-state index contributed by atoms with van der Waals surface area (Å²) in [6.45, 7) is 3.51. The van der Waals surface area contributed by atoms with Gasteiger partial charge in [-0.3, -0.25) is 9.59 Å². The van der Waals surface area contributed by atoms with Crippen LogP contribution in [0.25, 0.3) is 0 Å². The number of amides is 2. The summed E-state index contributed by atoms with van der Waals surface area (Å²) in [5, 5.41) is 6.65. The molecule has 0 spiro atoms. The van der Waals surface area contributed by atoms with Crippen molar-refractivity contribution in [2.24, 2.45) is 0 Å². The Hall–Kier alpha value is -2.90. The van der Waals surface area contributed by atoms with Crippen molar-refractivity contribution < 1.29 is 9.59 Å². The summed E-state index contributed by atoms with van der Waals surface area (Å²) >= 11 is 7.50. The van der Waals surface area contributed by atoms with Crippen LogP contribution < -0.4 is 10.2 Å². The second-order valence-electron chi connectivity index (χ2n) is 9.87. The lowest BCUT2D eigenvalue weighted by atomic mass is 9.97. The number of piperidine rings is 2. The number of thiazole rings is 1. The fraction of sp³-hybridized carbons (Fsp3) is 0.414. The van der Waals surface area contributed by atoms with E-state index in [1.54, 1.807) is 11.3 Å². The molecular formula is C29H33ClN4O2S. The van der Waals surface area contributed by atoms with Gasteiger partial charge in [0.25, 0.3) is 5.91 Å². The van der Waals surface area contributed by atoms with E-state index in [0.717, 1.165) is 67.4 Å². The van der Waals surface area contributed by atoms with E-state index < -0.39 is 0 Å². The first-order valence-electron chi connectivity index (χ1n) is 13.2. The van der Waals surface area contributed by atoms with Gasteiger partial charge >= 0.3 is 0 Å². The smallest absolute Gasteiger partial charge is 0.275 e. The summed E-state index contributed by atoms with van der Waals surface area (Å²) in [5.41, 5.74) is 3.52. The molecule has 1 aromatic heterocycles. The van der Waals surface area contributed by atoms with Crippen molar-refractivity contribution >= 4 is 46.1 Å². The number of para-hydroxylation sites is 2. The summed E-state index contributed by atoms with van der Waals surface area (Å²) in [6.07, 6.45) is 6.62. The monoisotopic (exact) mass is 536 g/mol. The van der Waals surface area contributed by atoms with E-state index in [1.807, 2.05) is 52.7 Å². The molecule has 0 aliphatic carbocycles. The SMILES string of the molecule is O=C(Nc1ccccc1N1CCCCC1)c1csc(C2CCN(C(=O)CCc3ccc(Cl)cc3)CC2)n1. The standard InChI is InChI=1S/C29H33ClN4O2S/c30-23-11-8-21(9-12-23)10-13-27(35)34-18-14-22(15-19-34)29-32-25(20-37-29)28(36)31-24-6-2-3-7-26(24)33-16-4-1-5-17-33/h2-3,6-9,11-12,20,22H,1,4-5,10,13-19H2,(H,31,36). The molecule has 0 bridgehead atoms. The van der Waals surface area contributed by atoms with Crippen LogP contribution in [0.15, 0.2) is 53.9 Å². The van der Waals surface area contributed by atoms with Crippen molar-refractivity contribution in [3.05, 3.63) is 75.2 Å². The normalized spacial score (nSPS) is 16.6. The van der Waals surface area contributed by atoms with E-state index in [2.05, 4.69) is 16.3 Å². The number of likely N-dealkylation sites (tertiary alicyclic amines) is 1. The fourth-order valence-corrected chi connectivity index (χ4v) is 6.29. The number of aryl methyl sites for hydroxylation is 1. The van der Waals surface area contributed by atoms with Gasteiger partial charge in [0.2, 0.25) is 5.91 Å². The molecule has 3 heterocycles. The third-order valence-corrected chi connectivity index (χ3v) is 8.60. The van der Waals surface area contributed by atoms with Crippen LogP contribution in [-0.2, 0) is 11.2 Å². The van der Waals surface area contributed by atoms with Crippen molar-refractivity contribution in [3.63, 3.8) is 0 Å². The molecule has 6 nitrogen and oxygen atoms in total. The Morgan fingerprint density at radius 1 is 0.973 bits per heavy atom. The van der Waals surface area contributed by atoms with Crippen LogP contribution >= 0.6 is 22.9 Å². The average molecular weight is 537 g/mol. The number of benzene rings is 2. The van der Waals surface area contributed by atoms with Gasteiger partial charge in [-0.25, -0.2) is 4.98 Å². The first-order valence-corrected chi connectivity index (χ1v) is 14.5. The van der Waals surface area contributed by atoms with E-state index in [1.165, 1.54) is 19.3 Å². The quantitative estimate of drug-likeness (QED) is 0.380. The van der Waals surface area contributed by atoms with E-state index >= 15 is 0 Å². The molecule has 8 heteroatoms. The maximum atomic E-state index is 13.0. The van der Waals surface area contributed by atoms with Crippen molar-refractivity contribution in [1.82, 2.24) is 9.88 Å². The van der Waals surface area contributed by atoms with Gasteiger partial charge in [-0.2, -0.15) is 0 Å². The topological polar surface area (TPSA) is 65.5 Å². The lowest BCUT2D eigenvalue weighted by Crippen LogP contribution is -2.38. The third-order valence-electron chi connectivity index (χ3n) is 7.34. The molecule has 0 saturated carbocycles. The Labute approximate surface area is 227 Å². The second-order valence-corrected chi connectivity index (χ2v) is 11.2. The maximum Gasteiger partial charge on any atom is 0.275 e. The number of carbonyl (C=O) groups excluding carboxylic acids is 2. The van der Waals surface area contributed by atoms with Gasteiger partial charge in [0.1, 0.15) is 5.69 Å². The van der Waals surface area contributed by atoms with Gasteiger partial charge in [0.05, 0.1) is 16.4 Å². The van der Waals surface area contributed by atoms with Gasteiger partial charge in [-0.05, 0) is 68.4 Å². The summed E-state index contributed by atoms with van der Waals surface area (Å²) < 4.78 is 0. The van der Waals surface area contributed by atoms with Crippen molar-refractivity contribution in [3.8, 4) is 0 Å². The van der Waals surface area contributed by atoms with Gasteiger partial charge in [0.15, 0.2) is 0 Å². The highest BCUT2D eigenvalue weighted by Gasteiger charge is 2.26. The Morgan fingerprint density at radius 2 is 1.70 bits per heavy atom. The van der Waals surface area contributed by atoms with E-state index in [9.17, 15) is 9.59 Å². The molecule has 2 aromatic carbocycles. The molecule has 2 saturated heterocycles. The molecule has 2 amide bonds. The third kappa shape index (κ3) is 6.51. The number of anilines is 2. The summed E-state index contributed by atoms with van der Waals surface area (Å²) in [7, 11) is 0. The number of carbonyl (C=O) groups is 2. The van der Waals surface area contributed by atoms with Crippen LogP contribution in [-0.4, -0.2) is 47.9 Å². The predicted molar refractivity (Wildman–Crippen MR) is 151 cm³/mol. The first kappa shape index (κ1) is 25.7. The summed E-state index contributed by atoms with van der Waals surface area (Å²) in [4.78, 5) is 34.8. The van der Waals surface area contributed by atoms with Crippen LogP contribution in [0.4, 0.5) is 11.4 Å². The highest BCUT2D eigenvalue weighted by molar-refractivity contribution is 7.10. The van der Waals surface area contributed by atoms with Gasteiger partial charge in [-0.15, -0.1) is 11.3 Å². The first-order chi connectivity index (χ1) is 18.1. The second kappa shape index (κ2) is 12.1. The Bertz CT molecular complexity index is 1210. The lowest BCUT2D eigenvalue weighted by Gasteiger charge is -2.31. The van der Waals surface area contributed by atoms with Crippen LogP contribution in [0.1, 0.15) is 65.5 Å². The number of nitrogens with one attached hydrogen (secondary N) is 1. The minimum absolute atomic E-state index is 0.165. The molecule has 2 fully saturated rings. The van der Waals surface area contributed by atoms with E-state index in [4.69, 9.17) is 16.6 Å². The molecule has 194 valence electrons. The molecule has 2 aliphatic heterocycles. The minimum atomic E-state index is -0.165. The molecular weight excluding hydrogens is 504 g/mol. The van der Waals surface area contributed by atoms with Gasteiger partial charge in [0, 0.05) is 48.9 Å². The number of aromatic nitrogens is 1. The average Bonchev–Trinajstić information content (AvgIpc) is 3.44. The van der Waals surface area contributed by atoms with Crippen molar-refractivity contribution in [1.29, 1.82) is 0 Å². The predicted octanol–water partition coefficient (Wildman–Crippen LogP) is 6.38. The minimum Gasteiger partial charge on any atom is -0.370 e. The molecule has 5 rings (SSSR count). The Morgan fingerprint density at radius 3 is 2.46 bits per heavy atom. The summed E-state index contributed by atoms with van der Waals surface area (Å²) in [5.74, 6) is 0.314. The Balaban J connectivity index is 1.13. The maximum absolute atomic E-state index is 13.0. The molecule has 2 aliphatic rings. The van der Waals surface area contributed by atoms with Gasteiger partial charge < -0.3 is 15.1 Å². The van der Waals surface area contributed by atoms with E-state index in [0.29, 0.717) is 17.1 Å². The van der Waals surface area contributed by atoms with Crippen LogP contribution in [0.3, 0.4) is 0 Å². The van der Waals surface area contributed by atoms with Crippen molar-refractivity contribution in [2.45, 2.75) is 50.9 Å². The molecule has 0 atom stereocenters. The molecule has 0 unspecified atom stereocenters. The van der Waals surface area contributed by atoms with Crippen molar-refractivity contribution in [2.75, 3.05) is 36.4 Å². The van der Waals surface area contributed by atoms with Crippen LogP contribution in [0.2, 0.25) is 5.02 Å². The summed E-state index contributed by atoms with van der Waals surface area (Å²) in [6, 6.07) is 15.7. The molecule has 37 heavy (non-hydrogen) atoms. The molecule has 3 aromatic rings. The highest BCUT2D eigenvalue weighted by atomic mass is 35.5. The number of halogens is 1. The Kier molecular flexibility index (Phi) is 8.41. The fourth-order valence-electron chi connectivity index (χ4n) is 5.19. The van der Waals surface area contributed by atoms with Gasteiger partial charge in [-0.1, -0.05) is 35.9 Å². The number of rotatable bonds is 7. The lowest BCUT2D eigenvalue weighted by molar-refractivity contribution is -0.132. The highest BCUT2D eigenvalue weighted by Crippen LogP contribution is 2.32. The number of hydrogen-bond acceptors (Lipinski definition) is 5. The molecule has 1 N–H and O–H groups in total. The largest absolute Gasteiger partial charge is 0.370 e. The van der Waals surface area contributed by atoms with Crippen LogP contribution in [0.5, 0.6) is 0 Å². The zero-order valence-electron chi connectivity index (χ0n) is 21.0. The number of hydrogen-bond donors (Lipinski definition) is 1. The zero-order chi connectivity index (χ0) is 25.6. The molecule has 0 radical (unpaired) electrons. The van der Waals surface area contributed by atoms with Crippen LogP contribution in [0, 0.1) is 0 Å². The van der Waals surface area contributed by atoms with E-state index in [-0.39, 0.29) is 17.7 Å². The zero-order valence-corrected chi connectivity index (χ0v) is 22.6.